The predicted molar refractivity (Wildman–Crippen MR) is 152 cm³/mol. The molecule has 1 aliphatic carbocycles. The molecule has 38 heavy (non-hydrogen) atoms. The molecular weight excluding hydrogens is 516 g/mol. The highest BCUT2D eigenvalue weighted by Crippen LogP contribution is 2.35. The molecule has 0 amide bonds. The number of aromatic amines is 2. The Labute approximate surface area is 227 Å². The molecule has 3 N–H and O–H groups in total. The summed E-state index contributed by atoms with van der Waals surface area (Å²) in [5, 5.41) is 11.3. The van der Waals surface area contributed by atoms with Gasteiger partial charge in [0.1, 0.15) is 11.0 Å². The maximum atomic E-state index is 6.18. The number of aromatic nitrogens is 7. The fraction of sp³-hybridized carbons (Fsp3) is 0.250. The number of imidazole rings is 1. The van der Waals surface area contributed by atoms with Crippen LogP contribution in [0.15, 0.2) is 55.1 Å². The van der Waals surface area contributed by atoms with E-state index in [4.69, 9.17) is 21.6 Å². The molecule has 10 heteroatoms. The number of hydrogen-bond acceptors (Lipinski definition) is 7. The molecule has 0 saturated heterocycles. The van der Waals surface area contributed by atoms with Crippen LogP contribution in [0.5, 0.6) is 0 Å². The molecule has 1 fully saturated rings. The zero-order chi connectivity index (χ0) is 25.5. The maximum Gasteiger partial charge on any atom is 0.161 e. The zero-order valence-electron chi connectivity index (χ0n) is 20.5. The summed E-state index contributed by atoms with van der Waals surface area (Å²) in [4.78, 5) is 23.2. The molecule has 8 nitrogen and oxygen atoms in total. The second-order valence-electron chi connectivity index (χ2n) is 9.80. The van der Waals surface area contributed by atoms with Crippen LogP contribution in [0.4, 0.5) is 0 Å². The van der Waals surface area contributed by atoms with Crippen LogP contribution in [0.2, 0.25) is 4.34 Å². The Morgan fingerprint density at radius 2 is 1.84 bits per heavy atom. The van der Waals surface area contributed by atoms with Crippen molar-refractivity contribution in [2.24, 2.45) is 5.92 Å². The normalized spacial score (nSPS) is 14.2. The van der Waals surface area contributed by atoms with Crippen LogP contribution < -0.4 is 5.32 Å². The first-order valence-corrected chi connectivity index (χ1v) is 14.0. The maximum absolute atomic E-state index is 6.18. The van der Waals surface area contributed by atoms with Gasteiger partial charge in [0.2, 0.25) is 0 Å². The minimum absolute atomic E-state index is 0.635. The van der Waals surface area contributed by atoms with E-state index in [-0.39, 0.29) is 0 Å². The Bertz CT molecular complexity index is 1750. The molecular formula is C28H25ClN8S. The minimum atomic E-state index is 0.635. The van der Waals surface area contributed by atoms with Gasteiger partial charge in [-0.05, 0) is 61.2 Å². The first-order chi connectivity index (χ1) is 18.7. The standard InChI is InChI=1S/C28H25ClN8S/c29-24-8-7-23(38-24)19-14-32-15-22-25(19)35-28(34-22)27-26-21(36-37-27)6-5-20(33-26)18-9-17(12-31-13-18)11-30-10-16-3-1-2-4-16/h5-9,12-16,30H,1-4,10-11H2,(H,34,35)(H,36,37). The van der Waals surface area contributed by atoms with E-state index in [0.29, 0.717) is 11.5 Å². The van der Waals surface area contributed by atoms with Crippen LogP contribution in [0.1, 0.15) is 31.2 Å². The fourth-order valence-corrected chi connectivity index (χ4v) is 6.32. The summed E-state index contributed by atoms with van der Waals surface area (Å²) in [7, 11) is 0. The quantitative estimate of drug-likeness (QED) is 0.210. The van der Waals surface area contributed by atoms with Crippen molar-refractivity contribution in [2.75, 3.05) is 6.54 Å². The Hall–Kier alpha value is -3.66. The van der Waals surface area contributed by atoms with E-state index in [2.05, 4.69) is 36.5 Å². The molecule has 0 aromatic carbocycles. The lowest BCUT2D eigenvalue weighted by molar-refractivity contribution is 0.489. The summed E-state index contributed by atoms with van der Waals surface area (Å²) in [6.07, 6.45) is 12.8. The summed E-state index contributed by atoms with van der Waals surface area (Å²) in [6, 6.07) is 10.0. The van der Waals surface area contributed by atoms with Crippen molar-refractivity contribution in [3.05, 3.63) is 65.0 Å². The molecule has 0 spiro atoms. The largest absolute Gasteiger partial charge is 0.335 e. The summed E-state index contributed by atoms with van der Waals surface area (Å²) < 4.78 is 0.728. The van der Waals surface area contributed by atoms with Gasteiger partial charge in [-0.1, -0.05) is 24.4 Å². The molecule has 6 aromatic heterocycles. The number of thiophene rings is 1. The van der Waals surface area contributed by atoms with Gasteiger partial charge in [0.15, 0.2) is 11.5 Å². The van der Waals surface area contributed by atoms with Crippen LogP contribution in [0, 0.1) is 5.92 Å². The van der Waals surface area contributed by atoms with Gasteiger partial charge >= 0.3 is 0 Å². The lowest BCUT2D eigenvalue weighted by Gasteiger charge is -2.11. The molecule has 0 radical (unpaired) electrons. The third kappa shape index (κ3) is 4.47. The van der Waals surface area contributed by atoms with Crippen molar-refractivity contribution in [2.45, 2.75) is 32.2 Å². The lowest BCUT2D eigenvalue weighted by atomic mass is 10.1. The Morgan fingerprint density at radius 3 is 2.71 bits per heavy atom. The highest BCUT2D eigenvalue weighted by atomic mass is 35.5. The Balaban J connectivity index is 1.20. The average Bonchev–Trinajstić information content (AvgIpc) is 3.74. The van der Waals surface area contributed by atoms with E-state index < -0.39 is 0 Å². The topological polar surface area (TPSA) is 108 Å². The first-order valence-electron chi connectivity index (χ1n) is 12.8. The highest BCUT2D eigenvalue weighted by Gasteiger charge is 2.18. The molecule has 0 atom stereocenters. The summed E-state index contributed by atoms with van der Waals surface area (Å²) in [5.74, 6) is 1.44. The first kappa shape index (κ1) is 23.5. The number of rotatable bonds is 7. The zero-order valence-corrected chi connectivity index (χ0v) is 22.1. The number of nitrogens with zero attached hydrogens (tertiary/aromatic N) is 5. The number of hydrogen-bond donors (Lipinski definition) is 3. The van der Waals surface area contributed by atoms with E-state index in [0.717, 1.165) is 72.7 Å². The molecule has 0 unspecified atom stereocenters. The minimum Gasteiger partial charge on any atom is -0.335 e. The summed E-state index contributed by atoms with van der Waals surface area (Å²) in [6.45, 7) is 1.88. The van der Waals surface area contributed by atoms with Gasteiger partial charge in [0, 0.05) is 41.1 Å². The van der Waals surface area contributed by atoms with Crippen molar-refractivity contribution in [3.63, 3.8) is 0 Å². The van der Waals surface area contributed by atoms with E-state index >= 15 is 0 Å². The van der Waals surface area contributed by atoms with Gasteiger partial charge in [0.25, 0.3) is 0 Å². The van der Waals surface area contributed by atoms with Crippen molar-refractivity contribution >= 4 is 45.0 Å². The molecule has 1 saturated carbocycles. The lowest BCUT2D eigenvalue weighted by Crippen LogP contribution is -2.20. The van der Waals surface area contributed by atoms with Crippen molar-refractivity contribution < 1.29 is 0 Å². The van der Waals surface area contributed by atoms with E-state index in [9.17, 15) is 0 Å². The fourth-order valence-electron chi connectivity index (χ4n) is 5.27. The monoisotopic (exact) mass is 540 g/mol. The second-order valence-corrected chi connectivity index (χ2v) is 11.5. The highest BCUT2D eigenvalue weighted by molar-refractivity contribution is 7.19. The van der Waals surface area contributed by atoms with E-state index in [1.807, 2.05) is 42.9 Å². The van der Waals surface area contributed by atoms with Crippen molar-refractivity contribution in [1.29, 1.82) is 0 Å². The van der Waals surface area contributed by atoms with Gasteiger partial charge in [0.05, 0.1) is 27.3 Å². The van der Waals surface area contributed by atoms with Crippen LogP contribution in [0.3, 0.4) is 0 Å². The molecule has 1 aliphatic rings. The van der Waals surface area contributed by atoms with E-state index in [1.54, 1.807) is 6.20 Å². The van der Waals surface area contributed by atoms with Gasteiger partial charge in [-0.15, -0.1) is 11.3 Å². The molecule has 7 rings (SSSR count). The number of fused-ring (bicyclic) bond motifs is 2. The van der Waals surface area contributed by atoms with Crippen LogP contribution in [-0.4, -0.2) is 41.7 Å². The van der Waals surface area contributed by atoms with E-state index in [1.165, 1.54) is 37.0 Å². The van der Waals surface area contributed by atoms with Crippen LogP contribution in [0.25, 0.3) is 55.3 Å². The van der Waals surface area contributed by atoms with Crippen LogP contribution in [-0.2, 0) is 6.54 Å². The Kier molecular flexibility index (Phi) is 6.11. The number of halogens is 1. The Morgan fingerprint density at radius 1 is 0.947 bits per heavy atom. The molecule has 0 aliphatic heterocycles. The van der Waals surface area contributed by atoms with Crippen molar-refractivity contribution in [1.82, 2.24) is 40.4 Å². The third-order valence-corrected chi connectivity index (χ3v) is 8.46. The summed E-state index contributed by atoms with van der Waals surface area (Å²) >= 11 is 7.68. The molecule has 6 aromatic rings. The van der Waals surface area contributed by atoms with Gasteiger partial charge in [-0.25, -0.2) is 9.97 Å². The van der Waals surface area contributed by atoms with Gasteiger partial charge in [-0.3, -0.25) is 15.1 Å². The molecule has 6 heterocycles. The van der Waals surface area contributed by atoms with Gasteiger partial charge < -0.3 is 10.3 Å². The second kappa shape index (κ2) is 9.90. The number of H-pyrrole nitrogens is 2. The smallest absolute Gasteiger partial charge is 0.161 e. The number of nitrogens with one attached hydrogen (secondary N) is 3. The SMILES string of the molecule is Clc1ccc(-c2cncc3[nH]c(-c4n[nH]c5ccc(-c6cncc(CNCC7CCCC7)c6)nc45)nc23)s1. The summed E-state index contributed by atoms with van der Waals surface area (Å²) in [5.41, 5.74) is 7.81. The van der Waals surface area contributed by atoms with Gasteiger partial charge in [-0.2, -0.15) is 5.10 Å². The van der Waals surface area contributed by atoms with Crippen molar-refractivity contribution in [3.8, 4) is 33.2 Å². The predicted octanol–water partition coefficient (Wildman–Crippen LogP) is 6.62. The average molecular weight is 541 g/mol. The third-order valence-electron chi connectivity index (χ3n) is 7.19. The molecule has 0 bridgehead atoms. The number of pyridine rings is 3. The molecule has 190 valence electrons. The van der Waals surface area contributed by atoms with Crippen LogP contribution >= 0.6 is 22.9 Å².